The van der Waals surface area contributed by atoms with Gasteiger partial charge < -0.3 is 38.9 Å². The SMILES string of the molecule is C=CCO[C@@]12Oc3ccc(OCc4cccc(C)n4)cc3[C@H]3[C@H](CCCCO)[C@@H](CCCCO)C=C(C(=NOC4CCCCO4)C[C@@H]1N(Cc1cccc4ccccc14)C(=O)CCC1CCCC1)[C@H]32. The summed E-state index contributed by atoms with van der Waals surface area (Å²) in [4.78, 5) is 28.8. The molecule has 0 radical (unpaired) electrons. The average Bonchev–Trinajstić information content (AvgIpc) is 3.91. The van der Waals surface area contributed by atoms with Crippen LogP contribution in [0.25, 0.3) is 10.8 Å². The van der Waals surface area contributed by atoms with Crippen LogP contribution in [0.3, 0.4) is 0 Å². The number of aliphatic hydroxyl groups is 2. The van der Waals surface area contributed by atoms with Gasteiger partial charge >= 0.3 is 0 Å². The summed E-state index contributed by atoms with van der Waals surface area (Å²) < 4.78 is 27.6. The number of benzene rings is 3. The Morgan fingerprint density at radius 3 is 2.52 bits per heavy atom. The van der Waals surface area contributed by atoms with E-state index >= 15 is 4.79 Å². The van der Waals surface area contributed by atoms with Gasteiger partial charge in [0.2, 0.25) is 18.0 Å². The summed E-state index contributed by atoms with van der Waals surface area (Å²) in [5.41, 5.74) is 5.63. The highest BCUT2D eigenvalue weighted by molar-refractivity contribution is 6.03. The molecule has 9 rings (SSSR count). The van der Waals surface area contributed by atoms with Crippen LogP contribution < -0.4 is 9.47 Å². The molecule has 4 aromatic rings. The van der Waals surface area contributed by atoms with Gasteiger partial charge in [-0.2, -0.15) is 0 Å². The highest BCUT2D eigenvalue weighted by Crippen LogP contribution is 2.62. The molecule has 1 amide bonds. The fourth-order valence-electron chi connectivity index (χ4n) is 12.2. The highest BCUT2D eigenvalue weighted by atomic mass is 16.8. The van der Waals surface area contributed by atoms with Gasteiger partial charge in [0.05, 0.1) is 30.5 Å². The number of hydrogen-bond donors (Lipinski definition) is 2. The first-order chi connectivity index (χ1) is 33.9. The lowest BCUT2D eigenvalue weighted by atomic mass is 9.55. The largest absolute Gasteiger partial charge is 0.487 e. The molecule has 3 aliphatic carbocycles. The van der Waals surface area contributed by atoms with Crippen molar-refractivity contribution < 1.29 is 38.8 Å². The predicted molar refractivity (Wildman–Crippen MR) is 269 cm³/mol. The lowest BCUT2D eigenvalue weighted by molar-refractivity contribution is -0.258. The molecule has 2 saturated carbocycles. The first kappa shape index (κ1) is 48.9. The Morgan fingerprint density at radius 2 is 1.72 bits per heavy atom. The van der Waals surface area contributed by atoms with Crippen molar-refractivity contribution in [2.45, 2.75) is 147 Å². The molecule has 11 nitrogen and oxygen atoms in total. The van der Waals surface area contributed by atoms with Gasteiger partial charge in [-0.1, -0.05) is 104 Å². The van der Waals surface area contributed by atoms with Gasteiger partial charge in [-0.3, -0.25) is 9.78 Å². The van der Waals surface area contributed by atoms with Crippen LogP contribution in [0.5, 0.6) is 11.5 Å². The van der Waals surface area contributed by atoms with Crippen LogP contribution >= 0.6 is 0 Å². The number of aliphatic hydroxyl groups excluding tert-OH is 2. The number of amides is 1. The second-order valence-electron chi connectivity index (χ2n) is 20.1. The monoisotopic (exact) mass is 940 g/mol. The zero-order valence-corrected chi connectivity index (χ0v) is 40.7. The maximum Gasteiger partial charge on any atom is 0.239 e. The van der Waals surface area contributed by atoms with E-state index in [0.717, 1.165) is 109 Å². The third-order valence-corrected chi connectivity index (χ3v) is 15.6. The molecule has 3 fully saturated rings. The number of unbranched alkanes of at least 4 members (excludes halogenated alkanes) is 2. The fourth-order valence-corrected chi connectivity index (χ4v) is 12.2. The van der Waals surface area contributed by atoms with Gasteiger partial charge in [0, 0.05) is 56.2 Å². The van der Waals surface area contributed by atoms with Crippen molar-refractivity contribution in [1.82, 2.24) is 9.88 Å². The number of oxime groups is 1. The number of nitrogens with zero attached hydrogens (tertiary/aromatic N) is 3. The Bertz CT molecular complexity index is 2420. The second-order valence-corrected chi connectivity index (χ2v) is 20.1. The van der Waals surface area contributed by atoms with Crippen LogP contribution in [0.4, 0.5) is 0 Å². The molecule has 1 aromatic heterocycles. The lowest BCUT2D eigenvalue weighted by Gasteiger charge is -2.60. The maximum absolute atomic E-state index is 15.5. The van der Waals surface area contributed by atoms with E-state index in [1.807, 2.05) is 37.3 Å². The van der Waals surface area contributed by atoms with Gasteiger partial charge in [-0.15, -0.1) is 6.58 Å². The van der Waals surface area contributed by atoms with E-state index < -0.39 is 24.0 Å². The summed E-state index contributed by atoms with van der Waals surface area (Å²) in [5, 5.41) is 27.5. The Hall–Kier alpha value is -5.07. The van der Waals surface area contributed by atoms with Gasteiger partial charge in [0.1, 0.15) is 24.1 Å². The molecule has 2 N–H and O–H groups in total. The molecule has 69 heavy (non-hydrogen) atoms. The van der Waals surface area contributed by atoms with E-state index in [9.17, 15) is 10.2 Å². The fraction of sp³-hybridized carbons (Fsp3) is 0.534. The minimum Gasteiger partial charge on any atom is -0.487 e. The van der Waals surface area contributed by atoms with Crippen molar-refractivity contribution in [3.8, 4) is 11.5 Å². The minimum atomic E-state index is -1.37. The number of aromatic nitrogens is 1. The highest BCUT2D eigenvalue weighted by Gasteiger charge is 2.65. The minimum absolute atomic E-state index is 0.0707. The van der Waals surface area contributed by atoms with Gasteiger partial charge in [-0.25, -0.2) is 0 Å². The summed E-state index contributed by atoms with van der Waals surface area (Å²) in [5.74, 6) is 0.212. The molecule has 7 atom stereocenters. The number of aryl methyl sites for hydroxylation is 1. The summed E-state index contributed by atoms with van der Waals surface area (Å²) in [6.45, 7) is 7.85. The summed E-state index contributed by atoms with van der Waals surface area (Å²) in [6.07, 6.45) is 17.5. The van der Waals surface area contributed by atoms with E-state index in [1.165, 1.54) is 12.8 Å². The van der Waals surface area contributed by atoms with Crippen LogP contribution in [0.1, 0.15) is 131 Å². The van der Waals surface area contributed by atoms with Crippen LogP contribution in [0.15, 0.2) is 108 Å². The van der Waals surface area contributed by atoms with Crippen molar-refractivity contribution in [3.05, 3.63) is 126 Å². The van der Waals surface area contributed by atoms with Crippen molar-refractivity contribution in [3.63, 3.8) is 0 Å². The number of ether oxygens (including phenoxy) is 4. The molecule has 3 heterocycles. The van der Waals surface area contributed by atoms with E-state index in [4.69, 9.17) is 33.9 Å². The summed E-state index contributed by atoms with van der Waals surface area (Å²) in [6, 6.07) is 26.2. The molecule has 368 valence electrons. The first-order valence-corrected chi connectivity index (χ1v) is 26.1. The molecule has 3 aromatic carbocycles. The van der Waals surface area contributed by atoms with Crippen LogP contribution in [0.2, 0.25) is 0 Å². The molecular formula is C58H73N3O8. The second kappa shape index (κ2) is 23.2. The number of rotatable bonds is 22. The maximum atomic E-state index is 15.5. The standard InChI is InChI=1S/C58H73N3O8/c1-3-33-67-58-53(61(54(64)30-27-41-17-4-5-18-41)38-44-22-15-21-42-19-6-7-24-47(42)44)37-51(60-69-55-26-10-13-34-65-55)49-35-43(20-8-11-31-62)48(25-9-12-32-63)56(57(49)58)50-36-46(28-29-52(50)68-58)66-39-45-23-14-16-40(2)59-45/h3,6-7,14-16,19,21-24,28-29,35-36,41,43,48,53,55-57,62-63H,1,4-5,8-13,17-18,20,25-27,30-34,37-39H2,2H3/t43-,48+,53-,55?,56+,57+,58+/m0/s1. The van der Waals surface area contributed by atoms with Crippen molar-refractivity contribution in [2.75, 3.05) is 26.4 Å². The zero-order valence-electron chi connectivity index (χ0n) is 40.7. The van der Waals surface area contributed by atoms with E-state index in [2.05, 4.69) is 66.1 Å². The third kappa shape index (κ3) is 11.1. The van der Waals surface area contributed by atoms with Crippen LogP contribution in [-0.4, -0.2) is 76.3 Å². The smallest absolute Gasteiger partial charge is 0.239 e. The number of fused-ring (bicyclic) bond motifs is 3. The third-order valence-electron chi connectivity index (χ3n) is 15.6. The van der Waals surface area contributed by atoms with Gasteiger partial charge in [0.25, 0.3) is 0 Å². The van der Waals surface area contributed by atoms with E-state index in [1.54, 1.807) is 6.08 Å². The quantitative estimate of drug-likeness (QED) is 0.0449. The summed E-state index contributed by atoms with van der Waals surface area (Å²) in [7, 11) is 0. The Balaban J connectivity index is 1.23. The first-order valence-electron chi connectivity index (χ1n) is 26.1. The number of pyridine rings is 1. The normalized spacial score (nSPS) is 25.9. The van der Waals surface area contributed by atoms with Gasteiger partial charge in [-0.05, 0) is 122 Å². The van der Waals surface area contributed by atoms with E-state index in [0.29, 0.717) is 62.9 Å². The molecular weight excluding hydrogens is 867 g/mol. The predicted octanol–water partition coefficient (Wildman–Crippen LogP) is 11.3. The molecule has 1 unspecified atom stereocenters. The number of carbonyl (C=O) groups is 1. The Morgan fingerprint density at radius 1 is 0.928 bits per heavy atom. The molecule has 2 aliphatic heterocycles. The van der Waals surface area contributed by atoms with Gasteiger partial charge in [0.15, 0.2) is 0 Å². The number of hydrogen-bond acceptors (Lipinski definition) is 10. The molecule has 11 heteroatoms. The molecule has 5 aliphatic rings. The van der Waals surface area contributed by atoms with E-state index in [-0.39, 0.29) is 43.5 Å². The average molecular weight is 940 g/mol. The summed E-state index contributed by atoms with van der Waals surface area (Å²) >= 11 is 0. The Kier molecular flexibility index (Phi) is 16.5. The number of carbonyl (C=O) groups excluding carboxylic acids is 1. The molecule has 1 saturated heterocycles. The number of allylic oxidation sites excluding steroid dienone is 1. The Labute approximate surface area is 408 Å². The molecule has 0 spiro atoms. The topological polar surface area (TPSA) is 132 Å². The van der Waals surface area contributed by atoms with Crippen LogP contribution in [-0.2, 0) is 32.3 Å². The van der Waals surface area contributed by atoms with Crippen molar-refractivity contribution in [2.24, 2.45) is 28.8 Å². The lowest BCUT2D eigenvalue weighted by Crippen LogP contribution is -2.70. The zero-order chi connectivity index (χ0) is 47.6. The van der Waals surface area contributed by atoms with Crippen molar-refractivity contribution >= 4 is 22.4 Å². The molecule has 0 bridgehead atoms. The van der Waals surface area contributed by atoms with Crippen LogP contribution in [0, 0.1) is 30.6 Å². The van der Waals surface area contributed by atoms with Crippen molar-refractivity contribution in [1.29, 1.82) is 0 Å².